The van der Waals surface area contributed by atoms with Gasteiger partial charge in [-0.1, -0.05) is 43.7 Å². The van der Waals surface area contributed by atoms with Crippen LogP contribution in [0, 0.1) is 0 Å². The maximum absolute atomic E-state index is 12.1. The van der Waals surface area contributed by atoms with Crippen LogP contribution in [-0.4, -0.2) is 41.1 Å². The number of piperidine rings is 1. The minimum absolute atomic E-state index is 0.0362. The first kappa shape index (κ1) is 16.0. The zero-order valence-electron chi connectivity index (χ0n) is 12.8. The fourth-order valence-corrected chi connectivity index (χ4v) is 2.96. The molecule has 1 aromatic carbocycles. The van der Waals surface area contributed by atoms with Gasteiger partial charge in [0.1, 0.15) is 0 Å². The highest BCUT2D eigenvalue weighted by Gasteiger charge is 2.28. The molecule has 116 valence electrons. The van der Waals surface area contributed by atoms with Crippen LogP contribution in [0.5, 0.6) is 0 Å². The van der Waals surface area contributed by atoms with E-state index < -0.39 is 0 Å². The van der Waals surface area contributed by atoms with Gasteiger partial charge >= 0.3 is 0 Å². The normalized spacial score (nSPS) is 21.0. The number of hydrogen-bond acceptors (Lipinski definition) is 3. The highest BCUT2D eigenvalue weighted by Crippen LogP contribution is 2.20. The molecule has 1 saturated heterocycles. The van der Waals surface area contributed by atoms with Crippen LogP contribution >= 0.6 is 0 Å². The Morgan fingerprint density at radius 3 is 2.86 bits per heavy atom. The summed E-state index contributed by atoms with van der Waals surface area (Å²) in [6, 6.07) is 10.1. The van der Waals surface area contributed by atoms with Crippen molar-refractivity contribution in [3.63, 3.8) is 0 Å². The number of nitrogens with zero attached hydrogens (tertiary/aromatic N) is 1. The molecule has 0 bridgehead atoms. The molecule has 2 atom stereocenters. The SMILES string of the molecule is CCC(O)C1CCCCN1CC(=O)NCc1ccccc1. The Bertz CT molecular complexity index is 436. The molecule has 4 heteroatoms. The van der Waals surface area contributed by atoms with Crippen molar-refractivity contribution in [3.05, 3.63) is 35.9 Å². The summed E-state index contributed by atoms with van der Waals surface area (Å²) in [4.78, 5) is 14.2. The summed E-state index contributed by atoms with van der Waals surface area (Å²) in [5.74, 6) is 0.0362. The van der Waals surface area contributed by atoms with E-state index in [0.717, 1.165) is 37.8 Å². The lowest BCUT2D eigenvalue weighted by atomic mass is 9.96. The molecule has 0 saturated carbocycles. The predicted octanol–water partition coefficient (Wildman–Crippen LogP) is 1.93. The van der Waals surface area contributed by atoms with E-state index in [1.807, 2.05) is 37.3 Å². The standard InChI is InChI=1S/C17H26N2O2/c1-2-16(20)15-10-6-7-11-19(15)13-17(21)18-12-14-8-4-3-5-9-14/h3-5,8-9,15-16,20H,2,6-7,10-13H2,1H3,(H,18,21). The van der Waals surface area contributed by atoms with E-state index in [4.69, 9.17) is 0 Å². The molecule has 1 aliphatic heterocycles. The van der Waals surface area contributed by atoms with Crippen LogP contribution < -0.4 is 5.32 Å². The van der Waals surface area contributed by atoms with Gasteiger partial charge in [-0.25, -0.2) is 0 Å². The van der Waals surface area contributed by atoms with Gasteiger partial charge in [0.25, 0.3) is 0 Å². The van der Waals surface area contributed by atoms with Crippen molar-refractivity contribution < 1.29 is 9.90 Å². The van der Waals surface area contributed by atoms with Crippen molar-refractivity contribution in [2.45, 2.75) is 51.3 Å². The Balaban J connectivity index is 1.82. The second kappa shape index (κ2) is 8.15. The molecule has 1 fully saturated rings. The summed E-state index contributed by atoms with van der Waals surface area (Å²) >= 11 is 0. The van der Waals surface area contributed by atoms with Crippen LogP contribution in [0.1, 0.15) is 38.2 Å². The summed E-state index contributed by atoms with van der Waals surface area (Å²) in [7, 11) is 0. The van der Waals surface area contributed by atoms with Crippen LogP contribution in [0.25, 0.3) is 0 Å². The van der Waals surface area contributed by atoms with E-state index in [0.29, 0.717) is 13.1 Å². The van der Waals surface area contributed by atoms with Gasteiger partial charge < -0.3 is 10.4 Å². The van der Waals surface area contributed by atoms with Gasteiger partial charge in [0.2, 0.25) is 5.91 Å². The number of rotatable bonds is 6. The monoisotopic (exact) mass is 290 g/mol. The van der Waals surface area contributed by atoms with Crippen LogP contribution in [0.15, 0.2) is 30.3 Å². The summed E-state index contributed by atoms with van der Waals surface area (Å²) in [6.07, 6.45) is 3.66. The molecule has 21 heavy (non-hydrogen) atoms. The molecular weight excluding hydrogens is 264 g/mol. The van der Waals surface area contributed by atoms with E-state index in [-0.39, 0.29) is 18.1 Å². The van der Waals surface area contributed by atoms with Crippen LogP contribution in [0.4, 0.5) is 0 Å². The Hall–Kier alpha value is -1.39. The molecule has 0 spiro atoms. The van der Waals surface area contributed by atoms with Crippen molar-refractivity contribution in [2.24, 2.45) is 0 Å². The number of aliphatic hydroxyl groups is 1. The number of benzene rings is 1. The number of carbonyl (C=O) groups excluding carboxylic acids is 1. The number of carbonyl (C=O) groups is 1. The van der Waals surface area contributed by atoms with Crippen molar-refractivity contribution in [1.82, 2.24) is 10.2 Å². The molecule has 1 amide bonds. The third-order valence-electron chi connectivity index (χ3n) is 4.21. The number of aliphatic hydroxyl groups excluding tert-OH is 1. The molecule has 1 aromatic rings. The maximum atomic E-state index is 12.1. The average molecular weight is 290 g/mol. The highest BCUT2D eigenvalue weighted by molar-refractivity contribution is 5.78. The largest absolute Gasteiger partial charge is 0.392 e. The lowest BCUT2D eigenvalue weighted by Gasteiger charge is -2.37. The van der Waals surface area contributed by atoms with Crippen molar-refractivity contribution in [3.8, 4) is 0 Å². The summed E-state index contributed by atoms with van der Waals surface area (Å²) < 4.78 is 0. The van der Waals surface area contributed by atoms with Gasteiger partial charge in [0.05, 0.1) is 12.6 Å². The van der Waals surface area contributed by atoms with Gasteiger partial charge in [-0.2, -0.15) is 0 Å². The molecule has 2 N–H and O–H groups in total. The van der Waals surface area contributed by atoms with Crippen LogP contribution in [0.2, 0.25) is 0 Å². The minimum atomic E-state index is -0.327. The van der Waals surface area contributed by atoms with E-state index >= 15 is 0 Å². The van der Waals surface area contributed by atoms with E-state index in [9.17, 15) is 9.90 Å². The number of amides is 1. The van der Waals surface area contributed by atoms with Gasteiger partial charge in [-0.3, -0.25) is 9.69 Å². The summed E-state index contributed by atoms with van der Waals surface area (Å²) in [5.41, 5.74) is 1.11. The van der Waals surface area contributed by atoms with Gasteiger partial charge in [0.15, 0.2) is 0 Å². The summed E-state index contributed by atoms with van der Waals surface area (Å²) in [5, 5.41) is 13.1. The minimum Gasteiger partial charge on any atom is -0.392 e. The molecule has 4 nitrogen and oxygen atoms in total. The van der Waals surface area contributed by atoms with Crippen molar-refractivity contribution in [2.75, 3.05) is 13.1 Å². The Kier molecular flexibility index (Phi) is 6.21. The smallest absolute Gasteiger partial charge is 0.234 e. The van der Waals surface area contributed by atoms with E-state index in [1.165, 1.54) is 0 Å². The van der Waals surface area contributed by atoms with Crippen molar-refractivity contribution >= 4 is 5.91 Å². The van der Waals surface area contributed by atoms with Crippen LogP contribution in [-0.2, 0) is 11.3 Å². The fourth-order valence-electron chi connectivity index (χ4n) is 2.96. The molecule has 1 heterocycles. The molecule has 2 rings (SSSR count). The molecule has 1 aliphatic rings. The first-order valence-corrected chi connectivity index (χ1v) is 7.93. The Morgan fingerprint density at radius 2 is 2.14 bits per heavy atom. The maximum Gasteiger partial charge on any atom is 0.234 e. The molecule has 0 radical (unpaired) electrons. The highest BCUT2D eigenvalue weighted by atomic mass is 16.3. The topological polar surface area (TPSA) is 52.6 Å². The quantitative estimate of drug-likeness (QED) is 0.842. The molecule has 0 aromatic heterocycles. The third kappa shape index (κ3) is 4.83. The number of hydrogen-bond donors (Lipinski definition) is 2. The summed E-state index contributed by atoms with van der Waals surface area (Å²) in [6.45, 7) is 3.84. The second-order valence-corrected chi connectivity index (χ2v) is 5.77. The molecule has 2 unspecified atom stereocenters. The molecule has 0 aliphatic carbocycles. The Labute approximate surface area is 127 Å². The second-order valence-electron chi connectivity index (χ2n) is 5.77. The average Bonchev–Trinajstić information content (AvgIpc) is 2.54. The van der Waals surface area contributed by atoms with Crippen LogP contribution in [0.3, 0.4) is 0 Å². The Morgan fingerprint density at radius 1 is 1.38 bits per heavy atom. The first-order chi connectivity index (χ1) is 10.2. The van der Waals surface area contributed by atoms with Gasteiger partial charge in [-0.15, -0.1) is 0 Å². The predicted molar refractivity (Wildman–Crippen MR) is 83.8 cm³/mol. The lowest BCUT2D eigenvalue weighted by Crippen LogP contribution is -2.50. The number of likely N-dealkylation sites (tertiary alicyclic amines) is 1. The van der Waals surface area contributed by atoms with E-state index in [1.54, 1.807) is 0 Å². The zero-order chi connectivity index (χ0) is 15.1. The fraction of sp³-hybridized carbons (Fsp3) is 0.588. The zero-order valence-corrected chi connectivity index (χ0v) is 12.8. The lowest BCUT2D eigenvalue weighted by molar-refractivity contribution is -0.124. The van der Waals surface area contributed by atoms with Crippen molar-refractivity contribution in [1.29, 1.82) is 0 Å². The first-order valence-electron chi connectivity index (χ1n) is 7.93. The van der Waals surface area contributed by atoms with E-state index in [2.05, 4.69) is 10.2 Å². The number of nitrogens with one attached hydrogen (secondary N) is 1. The van der Waals surface area contributed by atoms with Gasteiger partial charge in [-0.05, 0) is 31.4 Å². The molecular formula is C17H26N2O2. The third-order valence-corrected chi connectivity index (χ3v) is 4.21. The van der Waals surface area contributed by atoms with Gasteiger partial charge in [0, 0.05) is 12.6 Å².